The van der Waals surface area contributed by atoms with Crippen LogP contribution < -0.4 is 5.32 Å². The van der Waals surface area contributed by atoms with Crippen molar-refractivity contribution in [3.05, 3.63) is 83.4 Å². The third kappa shape index (κ3) is 4.25. The van der Waals surface area contributed by atoms with Crippen molar-refractivity contribution in [3.63, 3.8) is 0 Å². The van der Waals surface area contributed by atoms with Crippen molar-refractivity contribution < 1.29 is 4.79 Å². The summed E-state index contributed by atoms with van der Waals surface area (Å²) in [5.41, 5.74) is 4.84. The first-order valence-corrected chi connectivity index (χ1v) is 8.62. The summed E-state index contributed by atoms with van der Waals surface area (Å²) in [6.07, 6.45) is 5.86. The Morgan fingerprint density at radius 3 is 2.62 bits per heavy atom. The molecule has 0 aliphatic carbocycles. The molecular weight excluding hydrogens is 324 g/mol. The second-order valence-corrected chi connectivity index (χ2v) is 6.03. The van der Waals surface area contributed by atoms with E-state index >= 15 is 0 Å². The normalized spacial score (nSPS) is 11.0. The molecule has 0 bridgehead atoms. The highest BCUT2D eigenvalue weighted by Crippen LogP contribution is 2.18. The van der Waals surface area contributed by atoms with E-state index in [2.05, 4.69) is 15.4 Å². The summed E-state index contributed by atoms with van der Waals surface area (Å²) in [5.74, 6) is -0.118. The first kappa shape index (κ1) is 17.6. The molecule has 0 saturated heterocycles. The van der Waals surface area contributed by atoms with E-state index in [1.807, 2.05) is 73.1 Å². The number of benzene rings is 1. The van der Waals surface area contributed by atoms with Crippen molar-refractivity contribution in [3.8, 4) is 5.69 Å². The van der Waals surface area contributed by atoms with Crippen LogP contribution in [0.15, 0.2) is 60.8 Å². The Morgan fingerprint density at radius 2 is 1.88 bits per heavy atom. The Balaban J connectivity index is 1.63. The minimum absolute atomic E-state index is 0.118. The van der Waals surface area contributed by atoms with E-state index in [1.54, 1.807) is 12.3 Å². The summed E-state index contributed by atoms with van der Waals surface area (Å²) in [4.78, 5) is 16.3. The van der Waals surface area contributed by atoms with Gasteiger partial charge in [-0.05, 0) is 44.2 Å². The van der Waals surface area contributed by atoms with Crippen molar-refractivity contribution in [2.75, 3.05) is 6.54 Å². The number of para-hydroxylation sites is 1. The van der Waals surface area contributed by atoms with E-state index in [4.69, 9.17) is 0 Å². The Labute approximate surface area is 153 Å². The number of nitrogens with one attached hydrogen (secondary N) is 1. The lowest BCUT2D eigenvalue weighted by Crippen LogP contribution is -2.23. The van der Waals surface area contributed by atoms with Crippen LogP contribution in [0.2, 0.25) is 0 Å². The van der Waals surface area contributed by atoms with Crippen LogP contribution in [-0.4, -0.2) is 27.2 Å². The van der Waals surface area contributed by atoms with Crippen LogP contribution in [0.25, 0.3) is 11.8 Å². The summed E-state index contributed by atoms with van der Waals surface area (Å²) < 4.78 is 1.90. The summed E-state index contributed by atoms with van der Waals surface area (Å²) in [5, 5.41) is 7.47. The predicted octanol–water partition coefficient (Wildman–Crippen LogP) is 3.26. The number of pyridine rings is 1. The number of aryl methyl sites for hydroxylation is 1. The molecular formula is C21H22N4O. The monoisotopic (exact) mass is 346 g/mol. The van der Waals surface area contributed by atoms with Crippen LogP contribution in [-0.2, 0) is 11.2 Å². The zero-order chi connectivity index (χ0) is 18.4. The topological polar surface area (TPSA) is 59.8 Å². The van der Waals surface area contributed by atoms with Gasteiger partial charge in [-0.3, -0.25) is 9.78 Å². The van der Waals surface area contributed by atoms with Gasteiger partial charge in [-0.15, -0.1) is 0 Å². The maximum atomic E-state index is 12.1. The Morgan fingerprint density at radius 1 is 1.12 bits per heavy atom. The minimum atomic E-state index is -0.118. The average molecular weight is 346 g/mol. The maximum Gasteiger partial charge on any atom is 0.244 e. The van der Waals surface area contributed by atoms with Crippen LogP contribution in [0.3, 0.4) is 0 Å². The number of hydrogen-bond acceptors (Lipinski definition) is 3. The van der Waals surface area contributed by atoms with Gasteiger partial charge in [-0.1, -0.05) is 24.3 Å². The molecule has 132 valence electrons. The molecule has 2 aromatic heterocycles. The van der Waals surface area contributed by atoms with Crippen LogP contribution >= 0.6 is 0 Å². The number of carbonyl (C=O) groups excluding carboxylic acids is 1. The molecule has 0 atom stereocenters. The van der Waals surface area contributed by atoms with Gasteiger partial charge in [0, 0.05) is 42.2 Å². The first-order chi connectivity index (χ1) is 12.6. The SMILES string of the molecule is Cc1nn(-c2ccccc2)c(C)c1/C=C/C(=O)NCCc1ccccn1. The molecule has 0 unspecified atom stereocenters. The molecule has 0 saturated carbocycles. The van der Waals surface area contributed by atoms with Gasteiger partial charge in [0.15, 0.2) is 0 Å². The molecule has 3 rings (SSSR count). The first-order valence-electron chi connectivity index (χ1n) is 8.62. The lowest BCUT2D eigenvalue weighted by atomic mass is 10.2. The maximum absolute atomic E-state index is 12.1. The number of aromatic nitrogens is 3. The van der Waals surface area contributed by atoms with Crippen LogP contribution in [0, 0.1) is 13.8 Å². The fourth-order valence-electron chi connectivity index (χ4n) is 2.79. The summed E-state index contributed by atoms with van der Waals surface area (Å²) in [6.45, 7) is 4.51. The average Bonchev–Trinajstić information content (AvgIpc) is 2.95. The van der Waals surface area contributed by atoms with Crippen molar-refractivity contribution in [2.24, 2.45) is 0 Å². The van der Waals surface area contributed by atoms with E-state index in [0.29, 0.717) is 13.0 Å². The molecule has 0 fully saturated rings. The molecule has 0 spiro atoms. The summed E-state index contributed by atoms with van der Waals surface area (Å²) >= 11 is 0. The van der Waals surface area contributed by atoms with Crippen molar-refractivity contribution >= 4 is 12.0 Å². The summed E-state index contributed by atoms with van der Waals surface area (Å²) in [7, 11) is 0. The zero-order valence-electron chi connectivity index (χ0n) is 15.0. The highest BCUT2D eigenvalue weighted by molar-refractivity contribution is 5.92. The van der Waals surface area contributed by atoms with E-state index in [9.17, 15) is 4.79 Å². The van der Waals surface area contributed by atoms with E-state index in [-0.39, 0.29) is 5.91 Å². The fourth-order valence-corrected chi connectivity index (χ4v) is 2.79. The number of amides is 1. The van der Waals surface area contributed by atoms with Gasteiger partial charge in [0.25, 0.3) is 0 Å². The van der Waals surface area contributed by atoms with Gasteiger partial charge < -0.3 is 5.32 Å². The largest absolute Gasteiger partial charge is 0.352 e. The Bertz CT molecular complexity index is 899. The molecule has 5 nitrogen and oxygen atoms in total. The molecule has 2 heterocycles. The van der Waals surface area contributed by atoms with E-state index in [1.165, 1.54) is 0 Å². The number of carbonyl (C=O) groups is 1. The predicted molar refractivity (Wildman–Crippen MR) is 103 cm³/mol. The molecule has 1 amide bonds. The Hall–Kier alpha value is -3.21. The second-order valence-electron chi connectivity index (χ2n) is 6.03. The number of hydrogen-bond donors (Lipinski definition) is 1. The number of nitrogens with zero attached hydrogens (tertiary/aromatic N) is 3. The van der Waals surface area contributed by atoms with Gasteiger partial charge in [-0.25, -0.2) is 4.68 Å². The molecule has 26 heavy (non-hydrogen) atoms. The quantitative estimate of drug-likeness (QED) is 0.697. The second kappa shape index (κ2) is 8.25. The molecule has 5 heteroatoms. The van der Waals surface area contributed by atoms with Gasteiger partial charge in [0.05, 0.1) is 11.4 Å². The van der Waals surface area contributed by atoms with Crippen molar-refractivity contribution in [1.82, 2.24) is 20.1 Å². The lowest BCUT2D eigenvalue weighted by Gasteiger charge is -2.04. The molecule has 3 aromatic rings. The molecule has 1 N–H and O–H groups in total. The third-order valence-corrected chi connectivity index (χ3v) is 4.16. The molecule has 0 aliphatic rings. The minimum Gasteiger partial charge on any atom is -0.352 e. The fraction of sp³-hybridized carbons (Fsp3) is 0.190. The van der Waals surface area contributed by atoms with Crippen molar-refractivity contribution in [1.29, 1.82) is 0 Å². The molecule has 1 aromatic carbocycles. The smallest absolute Gasteiger partial charge is 0.244 e. The standard InChI is InChI=1S/C21H22N4O/c1-16-20(17(2)25(24-16)19-9-4-3-5-10-19)11-12-21(26)23-15-13-18-8-6-7-14-22-18/h3-12,14H,13,15H2,1-2H3,(H,23,26)/b12-11+. The Kier molecular flexibility index (Phi) is 5.59. The van der Waals surface area contributed by atoms with Gasteiger partial charge in [0.1, 0.15) is 0 Å². The van der Waals surface area contributed by atoms with E-state index in [0.717, 1.165) is 28.3 Å². The zero-order valence-corrected chi connectivity index (χ0v) is 15.0. The summed E-state index contributed by atoms with van der Waals surface area (Å²) in [6, 6.07) is 15.7. The molecule has 0 aliphatic heterocycles. The lowest BCUT2D eigenvalue weighted by molar-refractivity contribution is -0.116. The number of rotatable bonds is 6. The van der Waals surface area contributed by atoms with Crippen LogP contribution in [0.5, 0.6) is 0 Å². The highest BCUT2D eigenvalue weighted by atomic mass is 16.1. The van der Waals surface area contributed by atoms with Crippen LogP contribution in [0.4, 0.5) is 0 Å². The van der Waals surface area contributed by atoms with Gasteiger partial charge in [0.2, 0.25) is 5.91 Å². The highest BCUT2D eigenvalue weighted by Gasteiger charge is 2.10. The van der Waals surface area contributed by atoms with Crippen molar-refractivity contribution in [2.45, 2.75) is 20.3 Å². The van der Waals surface area contributed by atoms with Gasteiger partial charge >= 0.3 is 0 Å². The molecule has 0 radical (unpaired) electrons. The third-order valence-electron chi connectivity index (χ3n) is 4.16. The van der Waals surface area contributed by atoms with Gasteiger partial charge in [-0.2, -0.15) is 5.10 Å². The van der Waals surface area contributed by atoms with E-state index < -0.39 is 0 Å². The van der Waals surface area contributed by atoms with Crippen LogP contribution in [0.1, 0.15) is 22.6 Å².